The lowest BCUT2D eigenvalue weighted by Crippen LogP contribution is -2.40. The number of hydrogen-bond acceptors (Lipinski definition) is 7. The maximum absolute atomic E-state index is 14.3. The second-order valence-electron chi connectivity index (χ2n) is 10.1. The first-order valence-corrected chi connectivity index (χ1v) is 14.7. The number of hydrogen-bond donors (Lipinski definition) is 0. The topological polar surface area (TPSA) is 87.7 Å². The van der Waals surface area contributed by atoms with Crippen LogP contribution in [0.3, 0.4) is 0 Å². The maximum atomic E-state index is 14.3. The van der Waals surface area contributed by atoms with Gasteiger partial charge < -0.3 is 14.0 Å². The van der Waals surface area contributed by atoms with Crippen LogP contribution in [0, 0.1) is 13.8 Å². The molecule has 3 aromatic heterocycles. The molecule has 8 nitrogen and oxygen atoms in total. The van der Waals surface area contributed by atoms with Gasteiger partial charge in [-0.15, -0.1) is 0 Å². The van der Waals surface area contributed by atoms with Crippen molar-refractivity contribution in [3.05, 3.63) is 139 Å². The van der Waals surface area contributed by atoms with E-state index in [0.29, 0.717) is 31.9 Å². The van der Waals surface area contributed by atoms with E-state index >= 15 is 0 Å². The molecule has 0 amide bonds. The number of pyridine rings is 1. The first-order chi connectivity index (χ1) is 20.9. The van der Waals surface area contributed by atoms with Gasteiger partial charge in [-0.3, -0.25) is 14.3 Å². The highest BCUT2D eigenvalue weighted by atomic mass is 32.1. The van der Waals surface area contributed by atoms with E-state index in [2.05, 4.69) is 15.6 Å². The van der Waals surface area contributed by atoms with Crippen LogP contribution >= 0.6 is 11.3 Å². The number of esters is 1. The molecule has 1 atom stereocenters. The summed E-state index contributed by atoms with van der Waals surface area (Å²) in [6.07, 6.45) is 5.46. The summed E-state index contributed by atoms with van der Waals surface area (Å²) in [5, 5.41) is 0. The van der Waals surface area contributed by atoms with Crippen molar-refractivity contribution in [3.8, 4) is 11.4 Å². The maximum Gasteiger partial charge on any atom is 0.338 e. The van der Waals surface area contributed by atoms with Crippen LogP contribution in [-0.4, -0.2) is 33.8 Å². The predicted molar refractivity (Wildman–Crippen MR) is 167 cm³/mol. The Hall–Kier alpha value is -5.02. The van der Waals surface area contributed by atoms with Gasteiger partial charge in [-0.1, -0.05) is 53.8 Å². The van der Waals surface area contributed by atoms with Gasteiger partial charge in [0.25, 0.3) is 5.56 Å². The summed E-state index contributed by atoms with van der Waals surface area (Å²) in [5.74, 6) is 0.0937. The van der Waals surface area contributed by atoms with Gasteiger partial charge in [0.1, 0.15) is 5.75 Å². The Labute approximate surface area is 252 Å². The van der Waals surface area contributed by atoms with E-state index in [1.54, 1.807) is 24.8 Å². The molecular weight excluding hydrogens is 560 g/mol. The van der Waals surface area contributed by atoms with Gasteiger partial charge >= 0.3 is 5.97 Å². The van der Waals surface area contributed by atoms with E-state index in [1.807, 2.05) is 92.9 Å². The summed E-state index contributed by atoms with van der Waals surface area (Å²) < 4.78 is 15.3. The standard InChI is InChI=1S/C34H30N4O4S/c1-5-42-33(40)29-30(23-11-7-6-8-12-23)36-34-38(31(29)24-13-9-15-27(18-24)41-4)32(39)28(43-34)19-25-17-21(2)37(22(25)3)26-14-10-16-35-20-26/h6-20,31H,5H2,1-4H3/b28-19+. The molecule has 0 spiro atoms. The highest BCUT2D eigenvalue weighted by molar-refractivity contribution is 7.07. The largest absolute Gasteiger partial charge is 0.497 e. The number of fused-ring (bicyclic) bond motifs is 1. The van der Waals surface area contributed by atoms with Crippen molar-refractivity contribution in [2.75, 3.05) is 13.7 Å². The molecular formula is C34H30N4O4S. The zero-order valence-corrected chi connectivity index (χ0v) is 25.1. The van der Waals surface area contributed by atoms with E-state index in [4.69, 9.17) is 14.5 Å². The second kappa shape index (κ2) is 11.7. The smallest absolute Gasteiger partial charge is 0.338 e. The van der Waals surface area contributed by atoms with Gasteiger partial charge in [0.15, 0.2) is 4.80 Å². The fraction of sp³-hybridized carbons (Fsp3) is 0.176. The number of methoxy groups -OCH3 is 1. The summed E-state index contributed by atoms with van der Waals surface area (Å²) in [6.45, 7) is 6.00. The minimum absolute atomic E-state index is 0.187. The number of carbonyl (C=O) groups is 1. The van der Waals surface area contributed by atoms with Gasteiger partial charge in [0.05, 0.1) is 47.4 Å². The molecule has 0 saturated carbocycles. The third kappa shape index (κ3) is 5.12. The number of rotatable bonds is 7. The molecule has 4 heterocycles. The van der Waals surface area contributed by atoms with E-state index in [9.17, 15) is 9.59 Å². The lowest BCUT2D eigenvalue weighted by atomic mass is 9.93. The number of ether oxygens (including phenoxy) is 2. The van der Waals surface area contributed by atoms with Crippen LogP contribution < -0.4 is 19.6 Å². The van der Waals surface area contributed by atoms with E-state index in [-0.39, 0.29) is 12.2 Å². The third-order valence-corrected chi connectivity index (χ3v) is 8.43. The highest BCUT2D eigenvalue weighted by Crippen LogP contribution is 2.36. The molecule has 43 heavy (non-hydrogen) atoms. The first-order valence-electron chi connectivity index (χ1n) is 13.9. The molecule has 5 aromatic rings. The summed E-state index contributed by atoms with van der Waals surface area (Å²) >= 11 is 1.30. The minimum atomic E-state index is -0.773. The van der Waals surface area contributed by atoms with E-state index in [1.165, 1.54) is 11.3 Å². The molecule has 1 aliphatic rings. The zero-order valence-electron chi connectivity index (χ0n) is 24.3. The SMILES string of the molecule is CCOC(=O)C1=C(c2ccccc2)N=c2s/c(=C/c3cc(C)n(-c4cccnc4)c3C)c(=O)n2C1c1cccc(OC)c1. The Morgan fingerprint density at radius 3 is 2.58 bits per heavy atom. The van der Waals surface area contributed by atoms with Crippen molar-refractivity contribution >= 4 is 29.1 Å². The van der Waals surface area contributed by atoms with Crippen molar-refractivity contribution in [2.45, 2.75) is 26.8 Å². The van der Waals surface area contributed by atoms with Crippen LogP contribution in [0.1, 0.15) is 41.0 Å². The van der Waals surface area contributed by atoms with Crippen LogP contribution in [0.2, 0.25) is 0 Å². The quantitative estimate of drug-likeness (QED) is 0.256. The second-order valence-corrected chi connectivity index (χ2v) is 11.1. The van der Waals surface area contributed by atoms with Gasteiger partial charge in [0, 0.05) is 23.1 Å². The summed E-state index contributed by atoms with van der Waals surface area (Å²) in [6, 6.07) is 22.1. The molecule has 216 valence electrons. The summed E-state index contributed by atoms with van der Waals surface area (Å²) in [4.78, 5) is 37.6. The molecule has 6 rings (SSSR count). The Kier molecular flexibility index (Phi) is 7.65. The number of thiazole rings is 1. The Morgan fingerprint density at radius 1 is 1.05 bits per heavy atom. The molecule has 0 aliphatic carbocycles. The minimum Gasteiger partial charge on any atom is -0.497 e. The molecule has 0 radical (unpaired) electrons. The Bertz CT molecular complexity index is 2040. The van der Waals surface area contributed by atoms with Crippen LogP contribution in [-0.2, 0) is 9.53 Å². The number of aromatic nitrogens is 3. The van der Waals surface area contributed by atoms with Crippen LogP contribution in [0.4, 0.5) is 0 Å². The van der Waals surface area contributed by atoms with Gasteiger partial charge in [0.2, 0.25) is 0 Å². The number of nitrogens with zero attached hydrogens (tertiary/aromatic N) is 4. The monoisotopic (exact) mass is 590 g/mol. The van der Waals surface area contributed by atoms with Crippen molar-refractivity contribution < 1.29 is 14.3 Å². The molecule has 0 fully saturated rings. The molecule has 0 N–H and O–H groups in total. The molecule has 2 aromatic carbocycles. The van der Waals surface area contributed by atoms with Crippen molar-refractivity contribution in [3.63, 3.8) is 0 Å². The van der Waals surface area contributed by atoms with Crippen molar-refractivity contribution in [1.82, 2.24) is 14.1 Å². The third-order valence-electron chi connectivity index (χ3n) is 7.44. The van der Waals surface area contributed by atoms with Crippen molar-refractivity contribution in [1.29, 1.82) is 0 Å². The fourth-order valence-electron chi connectivity index (χ4n) is 5.53. The summed E-state index contributed by atoms with van der Waals surface area (Å²) in [5.41, 5.74) is 5.89. The Balaban J connectivity index is 1.62. The zero-order chi connectivity index (χ0) is 30.1. The van der Waals surface area contributed by atoms with E-state index in [0.717, 1.165) is 28.2 Å². The highest BCUT2D eigenvalue weighted by Gasteiger charge is 2.35. The summed E-state index contributed by atoms with van der Waals surface area (Å²) in [7, 11) is 1.59. The van der Waals surface area contributed by atoms with Crippen molar-refractivity contribution in [2.24, 2.45) is 4.99 Å². The fourth-order valence-corrected chi connectivity index (χ4v) is 6.52. The number of aryl methyl sites for hydroxylation is 1. The average molecular weight is 591 g/mol. The first kappa shape index (κ1) is 28.1. The number of carbonyl (C=O) groups excluding carboxylic acids is 1. The Morgan fingerprint density at radius 2 is 1.86 bits per heavy atom. The molecule has 1 unspecified atom stereocenters. The van der Waals surface area contributed by atoms with Gasteiger partial charge in [-0.2, -0.15) is 0 Å². The molecule has 9 heteroatoms. The van der Waals surface area contributed by atoms with Crippen LogP contribution in [0.25, 0.3) is 17.5 Å². The molecule has 0 bridgehead atoms. The lowest BCUT2D eigenvalue weighted by molar-refractivity contribution is -0.138. The van der Waals surface area contributed by atoms with E-state index < -0.39 is 12.0 Å². The van der Waals surface area contributed by atoms with Crippen LogP contribution in [0.15, 0.2) is 101 Å². The normalized spacial score (nSPS) is 14.8. The predicted octanol–water partition coefficient (Wildman–Crippen LogP) is 4.75. The average Bonchev–Trinajstić information content (AvgIpc) is 3.50. The van der Waals surface area contributed by atoms with Crippen LogP contribution in [0.5, 0.6) is 5.75 Å². The van der Waals surface area contributed by atoms with Gasteiger partial charge in [-0.25, -0.2) is 9.79 Å². The van der Waals surface area contributed by atoms with Gasteiger partial charge in [-0.05, 0) is 68.3 Å². The molecule has 1 aliphatic heterocycles. The number of benzene rings is 2. The lowest BCUT2D eigenvalue weighted by Gasteiger charge is -2.26. The molecule has 0 saturated heterocycles.